The van der Waals surface area contributed by atoms with Gasteiger partial charge < -0.3 is 5.73 Å². The molecule has 0 unspecified atom stereocenters. The summed E-state index contributed by atoms with van der Waals surface area (Å²) in [5.41, 5.74) is 8.05. The summed E-state index contributed by atoms with van der Waals surface area (Å²) in [6.45, 7) is 0. The third kappa shape index (κ3) is 2.96. The number of imide groups is 1. The average molecular weight is 274 g/mol. The van der Waals surface area contributed by atoms with Crippen LogP contribution in [0.5, 0.6) is 0 Å². The maximum absolute atomic E-state index is 11.8. The summed E-state index contributed by atoms with van der Waals surface area (Å²) in [4.78, 5) is 34.8. The van der Waals surface area contributed by atoms with Gasteiger partial charge in [-0.25, -0.2) is 4.68 Å². The summed E-state index contributed by atoms with van der Waals surface area (Å²) in [5.74, 6) is -2.91. The predicted molar refractivity (Wildman–Crippen MR) is 67.7 cm³/mol. The highest BCUT2D eigenvalue weighted by atomic mass is 16.2. The maximum atomic E-state index is 11.8. The Hall–Kier alpha value is -3.23. The Labute approximate surface area is 112 Å². The van der Waals surface area contributed by atoms with Crippen LogP contribution in [0.3, 0.4) is 0 Å². The standard InChI is InChI=1S/C11H10N6O3/c12-8-4-2-1-3-7(8)9(18)15-10(19)11(20)16-17-5-13-14-6-17/h1-6H,12H2,(H,16,20)(H,15,18,19). The minimum atomic E-state index is -1.12. The molecule has 9 heteroatoms. The van der Waals surface area contributed by atoms with Crippen LogP contribution in [0.2, 0.25) is 0 Å². The van der Waals surface area contributed by atoms with E-state index in [0.29, 0.717) is 0 Å². The van der Waals surface area contributed by atoms with Crippen molar-refractivity contribution >= 4 is 23.4 Å². The van der Waals surface area contributed by atoms with Crippen LogP contribution in [0.15, 0.2) is 36.9 Å². The van der Waals surface area contributed by atoms with E-state index in [9.17, 15) is 14.4 Å². The SMILES string of the molecule is Nc1ccccc1C(=O)NC(=O)C(=O)Nn1cnnc1. The van der Waals surface area contributed by atoms with Crippen LogP contribution >= 0.6 is 0 Å². The number of rotatable bonds is 2. The van der Waals surface area contributed by atoms with Gasteiger partial charge in [-0.3, -0.25) is 25.1 Å². The number of amides is 3. The molecule has 0 aliphatic carbocycles. The summed E-state index contributed by atoms with van der Waals surface area (Å²) in [6, 6.07) is 6.19. The zero-order valence-electron chi connectivity index (χ0n) is 10.1. The van der Waals surface area contributed by atoms with Gasteiger partial charge in [0.15, 0.2) is 0 Å². The van der Waals surface area contributed by atoms with E-state index in [4.69, 9.17) is 5.73 Å². The number of benzene rings is 1. The molecule has 9 nitrogen and oxygen atoms in total. The van der Waals surface area contributed by atoms with Gasteiger partial charge in [0, 0.05) is 5.69 Å². The first-order valence-electron chi connectivity index (χ1n) is 5.43. The third-order valence-corrected chi connectivity index (χ3v) is 2.29. The molecule has 0 aliphatic rings. The zero-order chi connectivity index (χ0) is 14.5. The van der Waals surface area contributed by atoms with Crippen molar-refractivity contribution < 1.29 is 14.4 Å². The monoisotopic (exact) mass is 274 g/mol. The van der Waals surface area contributed by atoms with Crippen LogP contribution in [0.25, 0.3) is 0 Å². The quantitative estimate of drug-likeness (QED) is 0.469. The second kappa shape index (κ2) is 5.61. The number of hydrogen-bond acceptors (Lipinski definition) is 6. The predicted octanol–water partition coefficient (Wildman–Crippen LogP) is -1.11. The first-order chi connectivity index (χ1) is 9.58. The number of nitrogens with zero attached hydrogens (tertiary/aromatic N) is 3. The van der Waals surface area contributed by atoms with Gasteiger partial charge in [-0.2, -0.15) is 0 Å². The van der Waals surface area contributed by atoms with Crippen molar-refractivity contribution in [2.24, 2.45) is 0 Å². The molecule has 4 N–H and O–H groups in total. The normalized spacial score (nSPS) is 9.80. The molecule has 1 heterocycles. The van der Waals surface area contributed by atoms with Crippen LogP contribution in [0.4, 0.5) is 5.69 Å². The van der Waals surface area contributed by atoms with E-state index in [1.165, 1.54) is 24.8 Å². The van der Waals surface area contributed by atoms with Crippen molar-refractivity contribution in [1.29, 1.82) is 0 Å². The molecule has 0 atom stereocenters. The highest BCUT2D eigenvalue weighted by Crippen LogP contribution is 2.09. The van der Waals surface area contributed by atoms with Crippen molar-refractivity contribution in [3.05, 3.63) is 42.5 Å². The fourth-order valence-corrected chi connectivity index (χ4v) is 1.36. The molecule has 102 valence electrons. The molecule has 20 heavy (non-hydrogen) atoms. The molecule has 3 amide bonds. The van der Waals surface area contributed by atoms with Gasteiger partial charge in [0.05, 0.1) is 5.56 Å². The first-order valence-corrected chi connectivity index (χ1v) is 5.43. The molecular weight excluding hydrogens is 264 g/mol. The Morgan fingerprint density at radius 3 is 2.35 bits per heavy atom. The largest absolute Gasteiger partial charge is 0.398 e. The highest BCUT2D eigenvalue weighted by molar-refractivity contribution is 6.41. The van der Waals surface area contributed by atoms with Crippen molar-refractivity contribution in [3.8, 4) is 0 Å². The van der Waals surface area contributed by atoms with E-state index in [0.717, 1.165) is 4.68 Å². The summed E-state index contributed by atoms with van der Waals surface area (Å²) >= 11 is 0. The Kier molecular flexibility index (Phi) is 3.70. The summed E-state index contributed by atoms with van der Waals surface area (Å²) in [5, 5.41) is 8.80. The molecule has 0 saturated heterocycles. The lowest BCUT2D eigenvalue weighted by atomic mass is 10.1. The number of nitrogen functional groups attached to an aromatic ring is 1. The number of anilines is 1. The number of nitrogens with two attached hydrogens (primary N) is 1. The molecule has 0 spiro atoms. The molecule has 1 aromatic heterocycles. The Balaban J connectivity index is 1.99. The summed E-state index contributed by atoms with van der Waals surface area (Å²) in [6.07, 6.45) is 2.37. The van der Waals surface area contributed by atoms with Gasteiger partial charge in [-0.1, -0.05) is 12.1 Å². The molecule has 0 saturated carbocycles. The molecule has 2 aromatic rings. The number of carbonyl (C=O) groups excluding carboxylic acids is 3. The minimum Gasteiger partial charge on any atom is -0.398 e. The first kappa shape index (κ1) is 13.2. The second-order valence-corrected chi connectivity index (χ2v) is 3.68. The molecule has 1 aromatic carbocycles. The van der Waals surface area contributed by atoms with Gasteiger partial charge in [0.1, 0.15) is 12.7 Å². The molecule has 0 radical (unpaired) electrons. The van der Waals surface area contributed by atoms with Crippen LogP contribution in [0.1, 0.15) is 10.4 Å². The number of aromatic nitrogens is 3. The summed E-state index contributed by atoms with van der Waals surface area (Å²) in [7, 11) is 0. The Morgan fingerprint density at radius 2 is 1.70 bits per heavy atom. The lowest BCUT2D eigenvalue weighted by Crippen LogP contribution is -2.41. The fourth-order valence-electron chi connectivity index (χ4n) is 1.36. The number of hydrogen-bond donors (Lipinski definition) is 3. The Morgan fingerprint density at radius 1 is 1.05 bits per heavy atom. The number of nitrogens with one attached hydrogen (secondary N) is 2. The van der Waals surface area contributed by atoms with Crippen molar-refractivity contribution in [2.75, 3.05) is 11.2 Å². The molecule has 0 fully saturated rings. The van der Waals surface area contributed by atoms with Crippen LogP contribution in [-0.4, -0.2) is 32.6 Å². The number of para-hydroxylation sites is 1. The number of carbonyl (C=O) groups is 3. The van der Waals surface area contributed by atoms with Crippen LogP contribution in [0, 0.1) is 0 Å². The fraction of sp³-hybridized carbons (Fsp3) is 0. The average Bonchev–Trinajstić information content (AvgIpc) is 2.91. The van der Waals surface area contributed by atoms with E-state index in [2.05, 4.69) is 15.6 Å². The molecule has 0 aliphatic heterocycles. The van der Waals surface area contributed by atoms with E-state index in [1.807, 2.05) is 5.32 Å². The van der Waals surface area contributed by atoms with Crippen molar-refractivity contribution in [1.82, 2.24) is 20.2 Å². The van der Waals surface area contributed by atoms with E-state index in [-0.39, 0.29) is 11.3 Å². The minimum absolute atomic E-state index is 0.109. The van der Waals surface area contributed by atoms with E-state index < -0.39 is 17.7 Å². The lowest BCUT2D eigenvalue weighted by molar-refractivity contribution is -0.136. The summed E-state index contributed by atoms with van der Waals surface area (Å²) < 4.78 is 1.07. The molecular formula is C11H10N6O3. The zero-order valence-corrected chi connectivity index (χ0v) is 10.1. The highest BCUT2D eigenvalue weighted by Gasteiger charge is 2.19. The van der Waals surface area contributed by atoms with Crippen molar-refractivity contribution in [2.45, 2.75) is 0 Å². The second-order valence-electron chi connectivity index (χ2n) is 3.68. The third-order valence-electron chi connectivity index (χ3n) is 2.29. The molecule has 0 bridgehead atoms. The van der Waals surface area contributed by atoms with E-state index in [1.54, 1.807) is 12.1 Å². The van der Waals surface area contributed by atoms with Gasteiger partial charge in [0.25, 0.3) is 5.91 Å². The smallest absolute Gasteiger partial charge is 0.328 e. The topological polar surface area (TPSA) is 132 Å². The van der Waals surface area contributed by atoms with Crippen LogP contribution in [-0.2, 0) is 9.59 Å². The lowest BCUT2D eigenvalue weighted by Gasteiger charge is -2.06. The van der Waals surface area contributed by atoms with Gasteiger partial charge in [-0.05, 0) is 12.1 Å². The van der Waals surface area contributed by atoms with Gasteiger partial charge in [0.2, 0.25) is 0 Å². The van der Waals surface area contributed by atoms with Crippen molar-refractivity contribution in [3.63, 3.8) is 0 Å². The van der Waals surface area contributed by atoms with Crippen LogP contribution < -0.4 is 16.5 Å². The molecule has 2 rings (SSSR count). The van der Waals surface area contributed by atoms with Gasteiger partial charge >= 0.3 is 11.8 Å². The van der Waals surface area contributed by atoms with Gasteiger partial charge in [-0.15, -0.1) is 10.2 Å². The Bertz CT molecular complexity index is 652. The maximum Gasteiger partial charge on any atom is 0.328 e. The van der Waals surface area contributed by atoms with E-state index >= 15 is 0 Å².